The molecule has 110 valence electrons. The number of nitrogens with one attached hydrogen (secondary N) is 1. The fourth-order valence-electron chi connectivity index (χ4n) is 2.48. The molecule has 0 fully saturated rings. The Labute approximate surface area is 121 Å². The van der Waals surface area contributed by atoms with E-state index in [-0.39, 0.29) is 0 Å². The van der Waals surface area contributed by atoms with E-state index in [1.807, 2.05) is 19.1 Å². The molecule has 0 aliphatic carbocycles. The molecule has 2 rings (SSSR count). The molecule has 0 aliphatic rings. The summed E-state index contributed by atoms with van der Waals surface area (Å²) in [6.45, 7) is 11.0. The van der Waals surface area contributed by atoms with Crippen LogP contribution in [0.15, 0.2) is 22.6 Å². The molecule has 1 N–H and O–H groups in total. The highest BCUT2D eigenvalue weighted by Crippen LogP contribution is 2.34. The first-order valence-electron chi connectivity index (χ1n) is 7.54. The minimum atomic E-state index is 0.604. The smallest absolute Gasteiger partial charge is 0.176 e. The average molecular weight is 275 g/mol. The number of hydrogen-bond acceptors (Lipinski definition) is 3. The zero-order chi connectivity index (χ0) is 14.5. The molecular weight excluding hydrogens is 250 g/mol. The van der Waals surface area contributed by atoms with Crippen molar-refractivity contribution in [1.82, 2.24) is 5.32 Å². The molecule has 0 saturated heterocycles. The molecule has 0 aliphatic heterocycles. The molecule has 1 aromatic heterocycles. The van der Waals surface area contributed by atoms with Crippen LogP contribution in [0.1, 0.15) is 39.0 Å². The Hall–Kier alpha value is -1.48. The van der Waals surface area contributed by atoms with Crippen LogP contribution in [0.3, 0.4) is 0 Å². The normalized spacial score (nSPS) is 11.4. The fourth-order valence-corrected chi connectivity index (χ4v) is 2.48. The second-order valence-corrected chi connectivity index (χ2v) is 5.45. The summed E-state index contributed by atoms with van der Waals surface area (Å²) >= 11 is 0. The van der Waals surface area contributed by atoms with Crippen molar-refractivity contribution < 1.29 is 9.15 Å². The maximum absolute atomic E-state index is 6.10. The molecule has 2 aromatic rings. The van der Waals surface area contributed by atoms with Gasteiger partial charge in [0, 0.05) is 10.9 Å². The van der Waals surface area contributed by atoms with E-state index < -0.39 is 0 Å². The van der Waals surface area contributed by atoms with E-state index in [9.17, 15) is 0 Å². The van der Waals surface area contributed by atoms with Gasteiger partial charge in [0.05, 0.1) is 13.2 Å². The first-order valence-corrected chi connectivity index (χ1v) is 7.54. The van der Waals surface area contributed by atoms with Gasteiger partial charge in [-0.1, -0.05) is 32.9 Å². The van der Waals surface area contributed by atoms with Crippen LogP contribution in [0.2, 0.25) is 0 Å². The molecular formula is C17H25NO2. The van der Waals surface area contributed by atoms with Gasteiger partial charge in [0.1, 0.15) is 5.76 Å². The molecule has 3 nitrogen and oxygen atoms in total. The number of fused-ring (bicyclic) bond motifs is 1. The van der Waals surface area contributed by atoms with E-state index in [1.165, 1.54) is 10.9 Å². The van der Waals surface area contributed by atoms with Gasteiger partial charge in [0.15, 0.2) is 11.3 Å². The van der Waals surface area contributed by atoms with Gasteiger partial charge in [0.25, 0.3) is 0 Å². The molecule has 0 amide bonds. The third-order valence-electron chi connectivity index (χ3n) is 3.31. The predicted octanol–water partition coefficient (Wildman–Crippen LogP) is 4.14. The highest BCUT2D eigenvalue weighted by Gasteiger charge is 2.17. The zero-order valence-corrected chi connectivity index (χ0v) is 13.0. The van der Waals surface area contributed by atoms with Gasteiger partial charge in [-0.25, -0.2) is 0 Å². The van der Waals surface area contributed by atoms with Gasteiger partial charge in [-0.05, 0) is 31.9 Å². The van der Waals surface area contributed by atoms with Crippen molar-refractivity contribution in [1.29, 1.82) is 0 Å². The Bertz CT molecular complexity index is 557. The highest BCUT2D eigenvalue weighted by atomic mass is 16.5. The third kappa shape index (κ3) is 3.15. The number of furan rings is 1. The molecule has 1 heterocycles. The molecule has 0 unspecified atom stereocenters. The fraction of sp³-hybridized carbons (Fsp3) is 0.529. The Morgan fingerprint density at radius 2 is 2.05 bits per heavy atom. The van der Waals surface area contributed by atoms with Crippen LogP contribution in [0.25, 0.3) is 11.0 Å². The average Bonchev–Trinajstić information content (AvgIpc) is 2.76. The van der Waals surface area contributed by atoms with E-state index in [0.717, 1.165) is 36.6 Å². The number of ether oxygens (including phenoxy) is 1. The molecule has 0 saturated carbocycles. The van der Waals surface area contributed by atoms with E-state index in [2.05, 4.69) is 32.2 Å². The highest BCUT2D eigenvalue weighted by molar-refractivity contribution is 5.87. The molecule has 0 bridgehead atoms. The van der Waals surface area contributed by atoms with Gasteiger partial charge >= 0.3 is 0 Å². The Balaban J connectivity index is 2.49. The van der Waals surface area contributed by atoms with Crippen LogP contribution in [0, 0.1) is 5.92 Å². The lowest BCUT2D eigenvalue weighted by atomic mass is 9.99. The van der Waals surface area contributed by atoms with Gasteiger partial charge < -0.3 is 14.5 Å². The van der Waals surface area contributed by atoms with Crippen molar-refractivity contribution in [2.24, 2.45) is 5.92 Å². The van der Waals surface area contributed by atoms with E-state index in [0.29, 0.717) is 12.5 Å². The lowest BCUT2D eigenvalue weighted by Gasteiger charge is -2.06. The van der Waals surface area contributed by atoms with E-state index >= 15 is 0 Å². The summed E-state index contributed by atoms with van der Waals surface area (Å²) in [5.74, 6) is 2.49. The maximum atomic E-state index is 6.10. The lowest BCUT2D eigenvalue weighted by Crippen LogP contribution is -2.12. The van der Waals surface area contributed by atoms with Crippen molar-refractivity contribution in [3.05, 3.63) is 29.5 Å². The van der Waals surface area contributed by atoms with Crippen LogP contribution >= 0.6 is 0 Å². The minimum Gasteiger partial charge on any atom is -0.490 e. The van der Waals surface area contributed by atoms with E-state index in [4.69, 9.17) is 9.15 Å². The van der Waals surface area contributed by atoms with Gasteiger partial charge in [0.2, 0.25) is 0 Å². The second-order valence-electron chi connectivity index (χ2n) is 5.45. The van der Waals surface area contributed by atoms with Crippen LogP contribution in [-0.2, 0) is 13.0 Å². The number of hydrogen-bond donors (Lipinski definition) is 1. The number of benzene rings is 1. The zero-order valence-electron chi connectivity index (χ0n) is 13.0. The molecule has 0 radical (unpaired) electrons. The molecule has 20 heavy (non-hydrogen) atoms. The number of rotatable bonds is 7. The minimum absolute atomic E-state index is 0.604. The summed E-state index contributed by atoms with van der Waals surface area (Å²) in [7, 11) is 0. The van der Waals surface area contributed by atoms with Crippen LogP contribution in [0.5, 0.6) is 5.75 Å². The van der Waals surface area contributed by atoms with Crippen LogP contribution in [-0.4, -0.2) is 13.2 Å². The first-order chi connectivity index (χ1) is 9.67. The monoisotopic (exact) mass is 275 g/mol. The van der Waals surface area contributed by atoms with Gasteiger partial charge in [-0.3, -0.25) is 0 Å². The van der Waals surface area contributed by atoms with Crippen molar-refractivity contribution in [3.63, 3.8) is 0 Å². The molecule has 1 aromatic carbocycles. The van der Waals surface area contributed by atoms with Crippen LogP contribution < -0.4 is 10.1 Å². The summed E-state index contributed by atoms with van der Waals surface area (Å²) in [6, 6.07) is 6.16. The molecule has 3 heteroatoms. The summed E-state index contributed by atoms with van der Waals surface area (Å²) < 4.78 is 11.8. The summed E-state index contributed by atoms with van der Waals surface area (Å²) in [5.41, 5.74) is 2.20. The van der Waals surface area contributed by atoms with Crippen molar-refractivity contribution in [2.75, 3.05) is 13.2 Å². The Kier molecular flexibility index (Phi) is 5.07. The second kappa shape index (κ2) is 6.80. The molecule has 0 spiro atoms. The van der Waals surface area contributed by atoms with Crippen LogP contribution in [0.4, 0.5) is 0 Å². The van der Waals surface area contributed by atoms with Crippen molar-refractivity contribution in [3.8, 4) is 5.75 Å². The lowest BCUT2D eigenvalue weighted by molar-refractivity contribution is 0.337. The SMILES string of the molecule is CCNCc1oc2c(OCC)cccc2c1CC(C)C. The van der Waals surface area contributed by atoms with Crippen molar-refractivity contribution in [2.45, 2.75) is 40.7 Å². The summed E-state index contributed by atoms with van der Waals surface area (Å²) in [5, 5.41) is 4.55. The standard InChI is InChI=1S/C17H25NO2/c1-5-18-11-16-14(10-12(3)4)13-8-7-9-15(19-6-2)17(13)20-16/h7-9,12,18H,5-6,10-11H2,1-4H3. The summed E-state index contributed by atoms with van der Waals surface area (Å²) in [6.07, 6.45) is 1.03. The Morgan fingerprint density at radius 1 is 1.25 bits per heavy atom. The molecule has 0 atom stereocenters. The van der Waals surface area contributed by atoms with Gasteiger partial charge in [-0.15, -0.1) is 0 Å². The van der Waals surface area contributed by atoms with Crippen molar-refractivity contribution >= 4 is 11.0 Å². The maximum Gasteiger partial charge on any atom is 0.176 e. The number of para-hydroxylation sites is 1. The predicted molar refractivity (Wildman–Crippen MR) is 83.3 cm³/mol. The third-order valence-corrected chi connectivity index (χ3v) is 3.31. The Morgan fingerprint density at radius 3 is 2.70 bits per heavy atom. The topological polar surface area (TPSA) is 34.4 Å². The first kappa shape index (κ1) is 14.9. The quantitative estimate of drug-likeness (QED) is 0.824. The largest absolute Gasteiger partial charge is 0.490 e. The van der Waals surface area contributed by atoms with Gasteiger partial charge in [-0.2, -0.15) is 0 Å². The summed E-state index contributed by atoms with van der Waals surface area (Å²) in [4.78, 5) is 0. The van der Waals surface area contributed by atoms with E-state index in [1.54, 1.807) is 0 Å².